The third kappa shape index (κ3) is 5.15. The molecule has 0 unspecified atom stereocenters. The molecule has 1 N–H and O–H groups in total. The van der Waals surface area contributed by atoms with Crippen molar-refractivity contribution in [3.8, 4) is 0 Å². The zero-order chi connectivity index (χ0) is 20.2. The zero-order valence-corrected chi connectivity index (χ0v) is 16.7. The molecule has 27 heavy (non-hydrogen) atoms. The van der Waals surface area contributed by atoms with Gasteiger partial charge in [-0.1, -0.05) is 49.7 Å². The summed E-state index contributed by atoms with van der Waals surface area (Å²) < 4.78 is 30.9. The van der Waals surface area contributed by atoms with Gasteiger partial charge in [-0.15, -0.1) is 0 Å². The Morgan fingerprint density at radius 3 is 2.30 bits per heavy atom. The molecule has 0 amide bonds. The third-order valence-corrected chi connectivity index (χ3v) is 5.71. The molecule has 0 saturated carbocycles. The van der Waals surface area contributed by atoms with E-state index in [1.807, 2.05) is 26.0 Å². The maximum Gasteiger partial charge on any atom is 0.340 e. The van der Waals surface area contributed by atoms with E-state index >= 15 is 0 Å². The number of esters is 1. The Balaban J connectivity index is 2.11. The van der Waals surface area contributed by atoms with Crippen molar-refractivity contribution in [2.45, 2.75) is 24.7 Å². The molecule has 0 fully saturated rings. The minimum absolute atomic E-state index is 0.0313. The van der Waals surface area contributed by atoms with Crippen LogP contribution in [0.4, 0.5) is 0 Å². The number of nitrogens with one attached hydrogen (secondary N) is 1. The number of halogens is 1. The molecule has 0 spiro atoms. The van der Waals surface area contributed by atoms with E-state index in [4.69, 9.17) is 16.3 Å². The van der Waals surface area contributed by atoms with E-state index in [1.165, 1.54) is 19.2 Å². The van der Waals surface area contributed by atoms with Crippen LogP contribution >= 0.6 is 11.6 Å². The van der Waals surface area contributed by atoms with Crippen molar-refractivity contribution in [1.82, 2.24) is 4.72 Å². The maximum atomic E-state index is 12.2. The summed E-state index contributed by atoms with van der Waals surface area (Å²) in [6.07, 6.45) is 0. The fourth-order valence-electron chi connectivity index (χ4n) is 2.29. The van der Waals surface area contributed by atoms with E-state index in [1.54, 1.807) is 12.1 Å². The van der Waals surface area contributed by atoms with E-state index in [0.29, 0.717) is 11.5 Å². The molecule has 144 valence electrons. The fraction of sp³-hybridized carbons (Fsp3) is 0.263. The van der Waals surface area contributed by atoms with Crippen LogP contribution in [-0.2, 0) is 14.8 Å². The van der Waals surface area contributed by atoms with Crippen LogP contribution in [0.5, 0.6) is 0 Å². The van der Waals surface area contributed by atoms with Gasteiger partial charge in [0.25, 0.3) is 0 Å². The van der Waals surface area contributed by atoms with Crippen molar-refractivity contribution in [3.63, 3.8) is 0 Å². The molecule has 0 bridgehead atoms. The normalized spacial score (nSPS) is 11.4. The molecule has 0 atom stereocenters. The van der Waals surface area contributed by atoms with Crippen molar-refractivity contribution < 1.29 is 22.7 Å². The highest BCUT2D eigenvalue weighted by Crippen LogP contribution is 2.21. The SMILES string of the molecule is CNS(=O)(=O)c1ccc(Cl)c(C(=O)OCC(=O)c2ccc(C(C)C)cc2)c1. The van der Waals surface area contributed by atoms with Crippen molar-refractivity contribution in [2.24, 2.45) is 0 Å². The molecule has 8 heteroatoms. The van der Waals surface area contributed by atoms with Gasteiger partial charge in [0.05, 0.1) is 15.5 Å². The van der Waals surface area contributed by atoms with Crippen LogP contribution in [0.3, 0.4) is 0 Å². The summed E-state index contributed by atoms with van der Waals surface area (Å²) in [6, 6.07) is 10.7. The number of benzene rings is 2. The molecular weight excluding hydrogens is 390 g/mol. The number of sulfonamides is 1. The Hall–Kier alpha value is -2.22. The number of hydrogen-bond donors (Lipinski definition) is 1. The van der Waals surface area contributed by atoms with Gasteiger partial charge in [0.1, 0.15) is 0 Å². The number of Topliss-reactive ketones (excluding diaryl/α,β-unsaturated/α-hetero) is 1. The van der Waals surface area contributed by atoms with E-state index < -0.39 is 22.6 Å². The lowest BCUT2D eigenvalue weighted by Crippen LogP contribution is -2.20. The van der Waals surface area contributed by atoms with Gasteiger partial charge >= 0.3 is 5.97 Å². The molecule has 6 nitrogen and oxygen atoms in total. The second-order valence-electron chi connectivity index (χ2n) is 6.13. The predicted molar refractivity (Wildman–Crippen MR) is 103 cm³/mol. The average molecular weight is 410 g/mol. The van der Waals surface area contributed by atoms with Crippen LogP contribution in [0.25, 0.3) is 0 Å². The molecule has 0 radical (unpaired) electrons. The molecule has 2 aromatic rings. The number of carbonyl (C=O) groups excluding carboxylic acids is 2. The van der Waals surface area contributed by atoms with E-state index in [2.05, 4.69) is 4.72 Å². The van der Waals surface area contributed by atoms with Crippen LogP contribution in [0.2, 0.25) is 5.02 Å². The summed E-state index contributed by atoms with van der Waals surface area (Å²) in [7, 11) is -2.48. The summed E-state index contributed by atoms with van der Waals surface area (Å²) in [5.41, 5.74) is 1.39. The van der Waals surface area contributed by atoms with Gasteiger partial charge in [-0.3, -0.25) is 4.79 Å². The first kappa shape index (κ1) is 21.1. The van der Waals surface area contributed by atoms with Crippen LogP contribution < -0.4 is 4.72 Å². The van der Waals surface area contributed by atoms with Crippen LogP contribution in [0, 0.1) is 0 Å². The standard InChI is InChI=1S/C19H20ClNO5S/c1-12(2)13-4-6-14(7-5-13)18(22)11-26-19(23)16-10-15(8-9-17(16)20)27(24,25)21-3/h4-10,12,21H,11H2,1-3H3. The lowest BCUT2D eigenvalue weighted by Gasteiger charge is -2.09. The van der Waals surface area contributed by atoms with Gasteiger partial charge in [-0.05, 0) is 36.7 Å². The third-order valence-electron chi connectivity index (χ3n) is 3.97. The van der Waals surface area contributed by atoms with Crippen LogP contribution in [0.15, 0.2) is 47.4 Å². The smallest absolute Gasteiger partial charge is 0.340 e. The maximum absolute atomic E-state index is 12.2. The summed E-state index contributed by atoms with van der Waals surface area (Å²) in [5, 5.41) is 0.0313. The predicted octanol–water partition coefficient (Wildman–Crippen LogP) is 3.41. The molecule has 0 aliphatic rings. The van der Waals surface area contributed by atoms with E-state index in [9.17, 15) is 18.0 Å². The molecule has 0 heterocycles. The lowest BCUT2D eigenvalue weighted by atomic mass is 10.0. The Kier molecular flexibility index (Phi) is 6.75. The summed E-state index contributed by atoms with van der Waals surface area (Å²) in [5.74, 6) is -0.899. The Labute approximate surface area is 163 Å². The van der Waals surface area contributed by atoms with Gasteiger partial charge < -0.3 is 4.74 Å². The highest BCUT2D eigenvalue weighted by atomic mass is 35.5. The van der Waals surface area contributed by atoms with E-state index in [-0.39, 0.29) is 21.3 Å². The van der Waals surface area contributed by atoms with Crippen molar-refractivity contribution >= 4 is 33.4 Å². The minimum atomic E-state index is -3.74. The number of hydrogen-bond acceptors (Lipinski definition) is 5. The lowest BCUT2D eigenvalue weighted by molar-refractivity contribution is 0.0474. The Morgan fingerprint density at radius 2 is 1.74 bits per heavy atom. The first-order valence-electron chi connectivity index (χ1n) is 8.19. The molecule has 0 aromatic heterocycles. The van der Waals surface area contributed by atoms with Crippen molar-refractivity contribution in [1.29, 1.82) is 0 Å². The summed E-state index contributed by atoms with van der Waals surface area (Å²) in [6.45, 7) is 3.62. The highest BCUT2D eigenvalue weighted by molar-refractivity contribution is 7.89. The molecule has 2 aromatic carbocycles. The van der Waals surface area contributed by atoms with Gasteiger partial charge in [0.15, 0.2) is 12.4 Å². The van der Waals surface area contributed by atoms with Crippen molar-refractivity contribution in [2.75, 3.05) is 13.7 Å². The second kappa shape index (κ2) is 8.65. The Morgan fingerprint density at radius 1 is 1.11 bits per heavy atom. The zero-order valence-electron chi connectivity index (χ0n) is 15.2. The monoisotopic (exact) mass is 409 g/mol. The topological polar surface area (TPSA) is 89.5 Å². The summed E-state index contributed by atoms with van der Waals surface area (Å²) >= 11 is 5.96. The number of carbonyl (C=O) groups is 2. The molecule has 0 saturated heterocycles. The average Bonchev–Trinajstić information content (AvgIpc) is 2.66. The quantitative estimate of drug-likeness (QED) is 0.559. The van der Waals surface area contributed by atoms with Crippen molar-refractivity contribution in [3.05, 3.63) is 64.2 Å². The molecular formula is C19H20ClNO5S. The number of ketones is 1. The van der Waals surface area contributed by atoms with Gasteiger partial charge in [0.2, 0.25) is 10.0 Å². The second-order valence-corrected chi connectivity index (χ2v) is 8.42. The highest BCUT2D eigenvalue weighted by Gasteiger charge is 2.19. The van der Waals surface area contributed by atoms with Crippen LogP contribution in [0.1, 0.15) is 46.0 Å². The first-order valence-corrected chi connectivity index (χ1v) is 10.0. The Bertz CT molecular complexity index is 953. The van der Waals surface area contributed by atoms with Gasteiger partial charge in [0, 0.05) is 5.56 Å². The van der Waals surface area contributed by atoms with Gasteiger partial charge in [-0.25, -0.2) is 17.9 Å². The van der Waals surface area contributed by atoms with E-state index in [0.717, 1.165) is 11.6 Å². The fourth-order valence-corrected chi connectivity index (χ4v) is 3.24. The minimum Gasteiger partial charge on any atom is -0.454 e. The first-order chi connectivity index (χ1) is 12.7. The summed E-state index contributed by atoms with van der Waals surface area (Å²) in [4.78, 5) is 24.3. The molecule has 2 rings (SSSR count). The number of ether oxygens (including phenoxy) is 1. The van der Waals surface area contributed by atoms with Gasteiger partial charge in [-0.2, -0.15) is 0 Å². The molecule has 0 aliphatic heterocycles. The largest absolute Gasteiger partial charge is 0.454 e. The van der Waals surface area contributed by atoms with Crippen LogP contribution in [-0.4, -0.2) is 33.8 Å². The molecule has 0 aliphatic carbocycles. The number of rotatable bonds is 7.